The Bertz CT molecular complexity index is 213. The molecule has 2 fully saturated rings. The molecule has 2 saturated carbocycles. The van der Waals surface area contributed by atoms with Crippen LogP contribution >= 0.6 is 0 Å². The van der Waals surface area contributed by atoms with Gasteiger partial charge in [-0.05, 0) is 56.5 Å². The van der Waals surface area contributed by atoms with Crippen molar-refractivity contribution in [3.63, 3.8) is 0 Å². The fourth-order valence-corrected chi connectivity index (χ4v) is 3.54. The Morgan fingerprint density at radius 1 is 0.941 bits per heavy atom. The lowest BCUT2D eigenvalue weighted by Gasteiger charge is -2.37. The molecule has 0 bridgehead atoms. The highest BCUT2D eigenvalue weighted by Gasteiger charge is 2.27. The third kappa shape index (κ3) is 3.69. The summed E-state index contributed by atoms with van der Waals surface area (Å²) in [4.78, 5) is 2.70. The van der Waals surface area contributed by atoms with Crippen molar-refractivity contribution >= 4 is 0 Å². The maximum atomic E-state index is 5.93. The van der Waals surface area contributed by atoms with Gasteiger partial charge in [0.25, 0.3) is 0 Å². The summed E-state index contributed by atoms with van der Waals surface area (Å²) in [7, 11) is 0. The van der Waals surface area contributed by atoms with Crippen molar-refractivity contribution in [3.8, 4) is 0 Å². The molecule has 2 nitrogen and oxygen atoms in total. The molecule has 17 heavy (non-hydrogen) atoms. The van der Waals surface area contributed by atoms with Crippen molar-refractivity contribution in [1.29, 1.82) is 0 Å². The van der Waals surface area contributed by atoms with Crippen LogP contribution in [0.1, 0.15) is 51.9 Å². The predicted octanol–water partition coefficient (Wildman–Crippen LogP) is 2.87. The molecule has 2 heteroatoms. The molecule has 2 atom stereocenters. The van der Waals surface area contributed by atoms with Crippen LogP contribution in [0.4, 0.5) is 0 Å². The van der Waals surface area contributed by atoms with Gasteiger partial charge < -0.3 is 10.6 Å². The van der Waals surface area contributed by atoms with Crippen LogP contribution < -0.4 is 5.73 Å². The van der Waals surface area contributed by atoms with E-state index in [9.17, 15) is 0 Å². The normalized spacial score (nSPS) is 30.5. The van der Waals surface area contributed by atoms with E-state index in [-0.39, 0.29) is 0 Å². The second kappa shape index (κ2) is 6.75. The van der Waals surface area contributed by atoms with Gasteiger partial charge in [0.15, 0.2) is 0 Å². The van der Waals surface area contributed by atoms with Crippen molar-refractivity contribution in [2.24, 2.45) is 23.5 Å². The van der Waals surface area contributed by atoms with Gasteiger partial charge in [0, 0.05) is 13.1 Å². The first-order valence-electron chi connectivity index (χ1n) is 7.76. The molecule has 0 radical (unpaired) electrons. The largest absolute Gasteiger partial charge is 0.330 e. The van der Waals surface area contributed by atoms with E-state index in [4.69, 9.17) is 5.73 Å². The lowest BCUT2D eigenvalue weighted by molar-refractivity contribution is 0.124. The third-order valence-electron chi connectivity index (χ3n) is 5.05. The summed E-state index contributed by atoms with van der Waals surface area (Å²) in [6, 6.07) is 0. The molecule has 0 aromatic rings. The van der Waals surface area contributed by atoms with Gasteiger partial charge in [-0.25, -0.2) is 0 Å². The van der Waals surface area contributed by atoms with Crippen molar-refractivity contribution in [2.45, 2.75) is 51.9 Å². The van der Waals surface area contributed by atoms with Crippen molar-refractivity contribution in [1.82, 2.24) is 4.90 Å². The van der Waals surface area contributed by atoms with Crippen LogP contribution in [-0.2, 0) is 0 Å². The smallest absolute Gasteiger partial charge is 0.00128 e. The van der Waals surface area contributed by atoms with E-state index in [2.05, 4.69) is 11.8 Å². The van der Waals surface area contributed by atoms with E-state index in [1.165, 1.54) is 64.6 Å². The van der Waals surface area contributed by atoms with Crippen LogP contribution in [0.2, 0.25) is 0 Å². The number of nitrogens with two attached hydrogens (primary N) is 1. The third-order valence-corrected chi connectivity index (χ3v) is 5.05. The molecule has 2 N–H and O–H groups in total. The van der Waals surface area contributed by atoms with E-state index < -0.39 is 0 Å². The van der Waals surface area contributed by atoms with Crippen LogP contribution in [0.25, 0.3) is 0 Å². The first-order valence-corrected chi connectivity index (χ1v) is 7.76. The van der Waals surface area contributed by atoms with Crippen LogP contribution in [0.3, 0.4) is 0 Å². The van der Waals surface area contributed by atoms with Crippen LogP contribution in [-0.4, -0.2) is 31.1 Å². The predicted molar refractivity (Wildman–Crippen MR) is 74.0 cm³/mol. The molecule has 0 saturated heterocycles. The van der Waals surface area contributed by atoms with Crippen LogP contribution in [0.5, 0.6) is 0 Å². The Morgan fingerprint density at radius 2 is 1.65 bits per heavy atom. The fraction of sp³-hybridized carbons (Fsp3) is 1.00. The Morgan fingerprint density at radius 3 is 2.18 bits per heavy atom. The Balaban J connectivity index is 1.78. The lowest BCUT2D eigenvalue weighted by Crippen LogP contribution is -2.40. The average molecular weight is 238 g/mol. The van der Waals surface area contributed by atoms with E-state index in [1.807, 2.05) is 0 Å². The number of hydrogen-bond acceptors (Lipinski definition) is 2. The average Bonchev–Trinajstić information content (AvgIpc) is 2.32. The second-order valence-corrected chi connectivity index (χ2v) is 6.19. The van der Waals surface area contributed by atoms with Gasteiger partial charge >= 0.3 is 0 Å². The van der Waals surface area contributed by atoms with E-state index >= 15 is 0 Å². The SMILES string of the molecule is CCN(CC1CCC1)CC1CCCCC1CN. The first-order chi connectivity index (χ1) is 8.33. The molecular weight excluding hydrogens is 208 g/mol. The summed E-state index contributed by atoms with van der Waals surface area (Å²) in [5, 5.41) is 0. The van der Waals surface area contributed by atoms with E-state index in [0.717, 1.165) is 24.3 Å². The minimum absolute atomic E-state index is 0.805. The molecule has 2 aliphatic carbocycles. The molecule has 0 aromatic carbocycles. The lowest BCUT2D eigenvalue weighted by atomic mass is 9.78. The minimum atomic E-state index is 0.805. The molecule has 0 amide bonds. The molecule has 100 valence electrons. The highest BCUT2D eigenvalue weighted by Crippen LogP contribution is 2.31. The van der Waals surface area contributed by atoms with Crippen LogP contribution in [0.15, 0.2) is 0 Å². The van der Waals surface area contributed by atoms with E-state index in [0.29, 0.717) is 0 Å². The zero-order valence-electron chi connectivity index (χ0n) is 11.5. The topological polar surface area (TPSA) is 29.3 Å². The van der Waals surface area contributed by atoms with Gasteiger partial charge in [0.1, 0.15) is 0 Å². The van der Waals surface area contributed by atoms with Crippen LogP contribution in [0, 0.1) is 17.8 Å². The first kappa shape index (κ1) is 13.4. The minimum Gasteiger partial charge on any atom is -0.330 e. The van der Waals surface area contributed by atoms with Gasteiger partial charge in [0.2, 0.25) is 0 Å². The standard InChI is InChI=1S/C15H30N2/c1-2-17(11-13-6-5-7-13)12-15-9-4-3-8-14(15)10-16/h13-15H,2-12,16H2,1H3. The number of nitrogens with zero attached hydrogens (tertiary/aromatic N) is 1. The summed E-state index contributed by atoms with van der Waals surface area (Å²) in [6.45, 7) is 7.12. The van der Waals surface area contributed by atoms with Crippen molar-refractivity contribution in [3.05, 3.63) is 0 Å². The molecule has 2 rings (SSSR count). The zero-order chi connectivity index (χ0) is 12.1. The molecular formula is C15H30N2. The fourth-order valence-electron chi connectivity index (χ4n) is 3.54. The second-order valence-electron chi connectivity index (χ2n) is 6.19. The van der Waals surface area contributed by atoms with E-state index in [1.54, 1.807) is 0 Å². The van der Waals surface area contributed by atoms with Gasteiger partial charge in [-0.15, -0.1) is 0 Å². The number of hydrogen-bond donors (Lipinski definition) is 1. The summed E-state index contributed by atoms with van der Waals surface area (Å²) < 4.78 is 0. The zero-order valence-corrected chi connectivity index (χ0v) is 11.5. The molecule has 0 spiro atoms. The maximum absolute atomic E-state index is 5.93. The van der Waals surface area contributed by atoms with Gasteiger partial charge in [-0.1, -0.05) is 26.2 Å². The van der Waals surface area contributed by atoms with Gasteiger partial charge in [0.05, 0.1) is 0 Å². The Labute approximate surface area is 107 Å². The number of rotatable bonds is 6. The summed E-state index contributed by atoms with van der Waals surface area (Å²) in [5.41, 5.74) is 5.93. The quantitative estimate of drug-likeness (QED) is 0.771. The monoisotopic (exact) mass is 238 g/mol. The Hall–Kier alpha value is -0.0800. The van der Waals surface area contributed by atoms with Crippen molar-refractivity contribution < 1.29 is 0 Å². The van der Waals surface area contributed by atoms with Crippen molar-refractivity contribution in [2.75, 3.05) is 26.2 Å². The Kier molecular flexibility index (Phi) is 5.30. The van der Waals surface area contributed by atoms with Gasteiger partial charge in [-0.3, -0.25) is 0 Å². The van der Waals surface area contributed by atoms with Gasteiger partial charge in [-0.2, -0.15) is 0 Å². The molecule has 0 aliphatic heterocycles. The molecule has 2 unspecified atom stereocenters. The highest BCUT2D eigenvalue weighted by molar-refractivity contribution is 4.80. The summed E-state index contributed by atoms with van der Waals surface area (Å²) in [5.74, 6) is 2.70. The molecule has 2 aliphatic rings. The maximum Gasteiger partial charge on any atom is 0.00128 e. The summed E-state index contributed by atoms with van der Waals surface area (Å²) in [6.07, 6.45) is 10.1. The summed E-state index contributed by atoms with van der Waals surface area (Å²) >= 11 is 0. The molecule has 0 heterocycles. The highest BCUT2D eigenvalue weighted by atomic mass is 15.1. The molecule has 0 aromatic heterocycles.